The summed E-state index contributed by atoms with van der Waals surface area (Å²) in [4.78, 5) is 41.7. The third-order valence-corrected chi connectivity index (χ3v) is 5.20. The van der Waals surface area contributed by atoms with Gasteiger partial charge in [-0.05, 0) is 25.2 Å². The van der Waals surface area contributed by atoms with Gasteiger partial charge in [-0.3, -0.25) is 14.5 Å². The first-order valence-corrected chi connectivity index (χ1v) is 7.51. The van der Waals surface area contributed by atoms with Gasteiger partial charge < -0.3 is 9.80 Å². The van der Waals surface area contributed by atoms with Crippen molar-refractivity contribution in [2.24, 2.45) is 5.92 Å². The van der Waals surface area contributed by atoms with Crippen molar-refractivity contribution in [2.75, 3.05) is 13.1 Å². The molecule has 0 N–H and O–H groups in total. The summed E-state index contributed by atoms with van der Waals surface area (Å²) in [5.41, 5.74) is 0. The van der Waals surface area contributed by atoms with Crippen LogP contribution in [0.15, 0.2) is 0 Å². The highest BCUT2D eigenvalue weighted by atomic mass is 16.2. The molecule has 0 aromatic carbocycles. The Labute approximate surface area is 117 Å². The van der Waals surface area contributed by atoms with Gasteiger partial charge in [0.15, 0.2) is 0 Å². The van der Waals surface area contributed by atoms with Crippen LogP contribution in [-0.2, 0) is 9.59 Å². The van der Waals surface area contributed by atoms with Gasteiger partial charge in [0.05, 0.1) is 6.04 Å². The Morgan fingerprint density at radius 3 is 2.55 bits per heavy atom. The van der Waals surface area contributed by atoms with Crippen LogP contribution in [0.2, 0.25) is 0 Å². The highest BCUT2D eigenvalue weighted by molar-refractivity contribution is 6.05. The molecule has 4 fully saturated rings. The summed E-state index contributed by atoms with van der Waals surface area (Å²) < 4.78 is 0. The summed E-state index contributed by atoms with van der Waals surface area (Å²) in [6, 6.07) is -0.353. The number of carbonyl (C=O) groups excluding carboxylic acids is 3. The average Bonchev–Trinajstić information content (AvgIpc) is 2.81. The molecule has 6 nitrogen and oxygen atoms in total. The zero-order valence-electron chi connectivity index (χ0n) is 11.6. The Morgan fingerprint density at radius 1 is 1.15 bits per heavy atom. The summed E-state index contributed by atoms with van der Waals surface area (Å²) in [5, 5.41) is 0. The number of carbonyl (C=O) groups is 3. The van der Waals surface area contributed by atoms with Gasteiger partial charge in [-0.25, -0.2) is 4.79 Å². The van der Waals surface area contributed by atoms with Crippen molar-refractivity contribution in [3.8, 4) is 0 Å². The van der Waals surface area contributed by atoms with E-state index in [9.17, 15) is 14.4 Å². The van der Waals surface area contributed by atoms with Crippen LogP contribution < -0.4 is 0 Å². The van der Waals surface area contributed by atoms with Crippen molar-refractivity contribution < 1.29 is 14.4 Å². The van der Waals surface area contributed by atoms with Crippen molar-refractivity contribution in [3.63, 3.8) is 0 Å². The summed E-state index contributed by atoms with van der Waals surface area (Å²) in [6.07, 6.45) is 3.03. The topological polar surface area (TPSA) is 60.9 Å². The molecule has 108 valence electrons. The monoisotopic (exact) mass is 277 g/mol. The maximum atomic E-state index is 12.4. The zero-order valence-corrected chi connectivity index (χ0v) is 11.6. The molecular formula is C14H19N3O3. The second-order valence-electron chi connectivity index (χ2n) is 6.53. The van der Waals surface area contributed by atoms with Crippen molar-refractivity contribution in [1.82, 2.24) is 14.7 Å². The van der Waals surface area contributed by atoms with E-state index in [0.29, 0.717) is 31.5 Å². The lowest BCUT2D eigenvalue weighted by Crippen LogP contribution is -2.43. The highest BCUT2D eigenvalue weighted by Crippen LogP contribution is 2.39. The Morgan fingerprint density at radius 2 is 1.90 bits per heavy atom. The Hall–Kier alpha value is -1.59. The molecule has 0 unspecified atom stereocenters. The molecule has 3 heterocycles. The number of fused-ring (bicyclic) bond motifs is 1. The van der Waals surface area contributed by atoms with Crippen molar-refractivity contribution in [3.05, 3.63) is 0 Å². The molecule has 0 radical (unpaired) electrons. The SMILES string of the molecule is C[C@@H]1C[C@@H]1N1C[C@@H](N2C(=O)[C@@H]3CCCN3C2=O)CC1=O. The van der Waals surface area contributed by atoms with Gasteiger partial charge >= 0.3 is 6.03 Å². The van der Waals surface area contributed by atoms with E-state index in [0.717, 1.165) is 19.3 Å². The minimum absolute atomic E-state index is 0.0870. The number of urea groups is 1. The molecule has 0 spiro atoms. The first-order valence-electron chi connectivity index (χ1n) is 7.51. The van der Waals surface area contributed by atoms with E-state index in [1.165, 1.54) is 4.90 Å². The van der Waals surface area contributed by atoms with Crippen LogP contribution in [0.3, 0.4) is 0 Å². The van der Waals surface area contributed by atoms with E-state index in [2.05, 4.69) is 6.92 Å². The van der Waals surface area contributed by atoms with E-state index in [1.807, 2.05) is 4.90 Å². The number of imide groups is 1. The fraction of sp³-hybridized carbons (Fsp3) is 0.786. The first kappa shape index (κ1) is 12.2. The molecule has 20 heavy (non-hydrogen) atoms. The molecule has 0 aromatic rings. The predicted octanol–water partition coefficient (Wildman–Crippen LogP) is 0.422. The predicted molar refractivity (Wildman–Crippen MR) is 69.7 cm³/mol. The molecule has 3 aliphatic heterocycles. The Kier molecular flexibility index (Phi) is 2.41. The van der Waals surface area contributed by atoms with Crippen LogP contribution in [0.4, 0.5) is 4.79 Å². The lowest BCUT2D eigenvalue weighted by Gasteiger charge is -2.22. The van der Waals surface area contributed by atoms with Crippen LogP contribution in [0.25, 0.3) is 0 Å². The fourth-order valence-electron chi connectivity index (χ4n) is 3.92. The first-order chi connectivity index (χ1) is 9.58. The van der Waals surface area contributed by atoms with Crippen molar-refractivity contribution in [1.29, 1.82) is 0 Å². The third kappa shape index (κ3) is 1.53. The van der Waals surface area contributed by atoms with Gasteiger partial charge in [-0.1, -0.05) is 6.92 Å². The van der Waals surface area contributed by atoms with Gasteiger partial charge in [0, 0.05) is 25.6 Å². The van der Waals surface area contributed by atoms with E-state index >= 15 is 0 Å². The quantitative estimate of drug-likeness (QED) is 0.687. The molecule has 4 amide bonds. The molecule has 0 bridgehead atoms. The number of hydrogen-bond donors (Lipinski definition) is 0. The molecule has 4 rings (SSSR count). The van der Waals surface area contributed by atoms with E-state index in [1.54, 1.807) is 4.90 Å². The molecule has 1 aliphatic carbocycles. The van der Waals surface area contributed by atoms with Crippen molar-refractivity contribution in [2.45, 2.75) is 50.7 Å². The molecular weight excluding hydrogens is 258 g/mol. The zero-order chi connectivity index (χ0) is 14.0. The largest absolute Gasteiger partial charge is 0.337 e. The standard InChI is InChI=1S/C14H19N3O3/c1-8-5-11(8)16-7-9(6-12(16)18)17-13(19)10-3-2-4-15(10)14(17)20/h8-11H,2-7H2,1H3/t8-,9+,10+,11+/m1/s1. The lowest BCUT2D eigenvalue weighted by atomic mass is 10.2. The van der Waals surface area contributed by atoms with E-state index in [4.69, 9.17) is 0 Å². The highest BCUT2D eigenvalue weighted by Gasteiger charge is 2.53. The number of hydrogen-bond acceptors (Lipinski definition) is 3. The summed E-state index contributed by atoms with van der Waals surface area (Å²) in [7, 11) is 0. The van der Waals surface area contributed by atoms with Gasteiger partial charge in [0.1, 0.15) is 6.04 Å². The van der Waals surface area contributed by atoms with Gasteiger partial charge in [-0.2, -0.15) is 0 Å². The Balaban J connectivity index is 1.53. The molecule has 1 saturated carbocycles. The lowest BCUT2D eigenvalue weighted by molar-refractivity contribution is -0.129. The molecule has 6 heteroatoms. The normalized spacial score (nSPS) is 40.0. The number of nitrogens with zero attached hydrogens (tertiary/aromatic N) is 3. The van der Waals surface area contributed by atoms with E-state index < -0.39 is 0 Å². The molecule has 4 aliphatic rings. The summed E-state index contributed by atoms with van der Waals surface area (Å²) >= 11 is 0. The maximum Gasteiger partial charge on any atom is 0.327 e. The average molecular weight is 277 g/mol. The van der Waals surface area contributed by atoms with E-state index in [-0.39, 0.29) is 29.9 Å². The van der Waals surface area contributed by atoms with Gasteiger partial charge in [0.25, 0.3) is 5.91 Å². The molecule has 0 aromatic heterocycles. The number of likely N-dealkylation sites (tertiary alicyclic amines) is 1. The summed E-state index contributed by atoms with van der Waals surface area (Å²) in [6.45, 7) is 3.34. The van der Waals surface area contributed by atoms with Crippen LogP contribution in [0.1, 0.15) is 32.6 Å². The van der Waals surface area contributed by atoms with Gasteiger partial charge in [0.2, 0.25) is 5.91 Å². The van der Waals surface area contributed by atoms with Crippen molar-refractivity contribution >= 4 is 17.8 Å². The van der Waals surface area contributed by atoms with Crippen LogP contribution >= 0.6 is 0 Å². The molecule has 4 atom stereocenters. The maximum absolute atomic E-state index is 12.4. The number of amides is 4. The molecule has 3 saturated heterocycles. The minimum atomic E-state index is -0.258. The Bertz CT molecular complexity index is 484. The minimum Gasteiger partial charge on any atom is -0.337 e. The second-order valence-corrected chi connectivity index (χ2v) is 6.53. The van der Waals surface area contributed by atoms with Crippen LogP contribution in [0.5, 0.6) is 0 Å². The third-order valence-electron chi connectivity index (χ3n) is 5.20. The summed E-state index contributed by atoms with van der Waals surface area (Å²) in [5.74, 6) is 0.568. The second kappa shape index (κ2) is 3.96. The van der Waals surface area contributed by atoms with Crippen LogP contribution in [-0.4, -0.2) is 63.8 Å². The van der Waals surface area contributed by atoms with Gasteiger partial charge in [-0.15, -0.1) is 0 Å². The smallest absolute Gasteiger partial charge is 0.327 e. The number of rotatable bonds is 2. The van der Waals surface area contributed by atoms with Crippen LogP contribution in [0, 0.1) is 5.92 Å². The fourth-order valence-corrected chi connectivity index (χ4v) is 3.92.